The highest BCUT2D eigenvalue weighted by Crippen LogP contribution is 2.18. The average Bonchev–Trinajstić information content (AvgIpc) is 3.47. The molecule has 0 saturated heterocycles. The van der Waals surface area contributed by atoms with Crippen LogP contribution in [0, 0.1) is 5.92 Å². The fourth-order valence-electron chi connectivity index (χ4n) is 2.39. The van der Waals surface area contributed by atoms with Crippen LogP contribution in [0.2, 0.25) is 0 Å². The molecule has 3 N–H and O–H groups in total. The maximum absolute atomic E-state index is 12.5. The van der Waals surface area contributed by atoms with Gasteiger partial charge < -0.3 is 20.1 Å². The van der Waals surface area contributed by atoms with Crippen molar-refractivity contribution < 1.29 is 28.7 Å². The SMILES string of the molecule is COc1ccccc1C(=O)N[C@H](C(=O)OCC(=O)NC(=O)NC1CC1)C(C)C. The second-order valence-corrected chi connectivity index (χ2v) is 6.80. The Balaban J connectivity index is 1.89. The molecule has 9 heteroatoms. The van der Waals surface area contributed by atoms with Crippen molar-refractivity contribution in [3.8, 4) is 5.75 Å². The van der Waals surface area contributed by atoms with Crippen molar-refractivity contribution in [3.63, 3.8) is 0 Å². The first-order valence-corrected chi connectivity index (χ1v) is 9.02. The van der Waals surface area contributed by atoms with E-state index < -0.39 is 36.5 Å². The first-order valence-electron chi connectivity index (χ1n) is 9.02. The summed E-state index contributed by atoms with van der Waals surface area (Å²) in [5.74, 6) is -1.92. The van der Waals surface area contributed by atoms with Crippen molar-refractivity contribution >= 4 is 23.8 Å². The molecule has 9 nitrogen and oxygen atoms in total. The molecule has 1 aromatic rings. The summed E-state index contributed by atoms with van der Waals surface area (Å²) in [6, 6.07) is 5.13. The zero-order chi connectivity index (χ0) is 20.7. The summed E-state index contributed by atoms with van der Waals surface area (Å²) in [4.78, 5) is 48.1. The Hall–Kier alpha value is -3.10. The molecule has 4 amide bonds. The van der Waals surface area contributed by atoms with Gasteiger partial charge in [0.05, 0.1) is 12.7 Å². The molecular weight excluding hydrogens is 366 g/mol. The van der Waals surface area contributed by atoms with Crippen LogP contribution in [0.15, 0.2) is 24.3 Å². The topological polar surface area (TPSA) is 123 Å². The van der Waals surface area contributed by atoms with Gasteiger partial charge in [-0.25, -0.2) is 9.59 Å². The molecule has 1 atom stereocenters. The van der Waals surface area contributed by atoms with Crippen molar-refractivity contribution in [1.29, 1.82) is 0 Å². The van der Waals surface area contributed by atoms with E-state index in [1.54, 1.807) is 38.1 Å². The highest BCUT2D eigenvalue weighted by atomic mass is 16.5. The van der Waals surface area contributed by atoms with Gasteiger partial charge in [-0.2, -0.15) is 0 Å². The monoisotopic (exact) mass is 391 g/mol. The van der Waals surface area contributed by atoms with E-state index in [-0.39, 0.29) is 17.5 Å². The summed E-state index contributed by atoms with van der Waals surface area (Å²) < 4.78 is 10.1. The van der Waals surface area contributed by atoms with E-state index in [0.717, 1.165) is 12.8 Å². The lowest BCUT2D eigenvalue weighted by molar-refractivity contribution is -0.151. The molecule has 2 rings (SSSR count). The minimum absolute atomic E-state index is 0.103. The van der Waals surface area contributed by atoms with Crippen LogP contribution < -0.4 is 20.7 Å². The summed E-state index contributed by atoms with van der Waals surface area (Å²) in [7, 11) is 1.44. The van der Waals surface area contributed by atoms with Crippen LogP contribution in [0.25, 0.3) is 0 Å². The zero-order valence-corrected chi connectivity index (χ0v) is 16.1. The lowest BCUT2D eigenvalue weighted by atomic mass is 10.0. The number of hydrogen-bond acceptors (Lipinski definition) is 6. The van der Waals surface area contributed by atoms with Crippen molar-refractivity contribution in [2.45, 2.75) is 38.8 Å². The summed E-state index contributed by atoms with van der Waals surface area (Å²) in [5.41, 5.74) is 0.276. The first kappa shape index (κ1) is 21.2. The Bertz CT molecular complexity index is 745. The number of rotatable bonds is 8. The van der Waals surface area contributed by atoms with Gasteiger partial charge in [-0.1, -0.05) is 26.0 Å². The van der Waals surface area contributed by atoms with Crippen LogP contribution in [-0.2, 0) is 14.3 Å². The third kappa shape index (κ3) is 6.26. The molecule has 0 heterocycles. The molecule has 0 aromatic heterocycles. The van der Waals surface area contributed by atoms with E-state index in [1.807, 2.05) is 0 Å². The van der Waals surface area contributed by atoms with Crippen molar-refractivity contribution in [3.05, 3.63) is 29.8 Å². The van der Waals surface area contributed by atoms with Crippen molar-refractivity contribution in [2.24, 2.45) is 5.92 Å². The van der Waals surface area contributed by atoms with Gasteiger partial charge in [-0.3, -0.25) is 14.9 Å². The summed E-state index contributed by atoms with van der Waals surface area (Å²) in [5, 5.41) is 7.28. The largest absolute Gasteiger partial charge is 0.496 e. The number of carbonyl (C=O) groups is 4. The fraction of sp³-hybridized carbons (Fsp3) is 0.474. The molecule has 28 heavy (non-hydrogen) atoms. The van der Waals surface area contributed by atoms with Gasteiger partial charge in [-0.05, 0) is 30.9 Å². The minimum atomic E-state index is -0.967. The molecule has 152 valence electrons. The number of urea groups is 1. The van der Waals surface area contributed by atoms with E-state index in [9.17, 15) is 19.2 Å². The molecule has 0 bridgehead atoms. The standard InChI is InChI=1S/C19H25N3O6/c1-11(2)16(22-17(24)13-6-4-5-7-14(13)27-3)18(25)28-10-15(23)21-19(26)20-12-8-9-12/h4-7,11-12,16H,8-10H2,1-3H3,(H,22,24)(H2,20,21,23,26)/t16-/m0/s1. The van der Waals surface area contributed by atoms with E-state index >= 15 is 0 Å². The molecule has 0 radical (unpaired) electrons. The average molecular weight is 391 g/mol. The molecule has 1 aromatic carbocycles. The molecule has 1 aliphatic rings. The summed E-state index contributed by atoms with van der Waals surface area (Å²) >= 11 is 0. The number of carbonyl (C=O) groups excluding carboxylic acids is 4. The maximum atomic E-state index is 12.5. The quantitative estimate of drug-likeness (QED) is 0.568. The predicted octanol–water partition coefficient (Wildman–Crippen LogP) is 0.981. The Labute approximate surface area is 163 Å². The third-order valence-electron chi connectivity index (χ3n) is 4.07. The number of imide groups is 1. The lowest BCUT2D eigenvalue weighted by Crippen LogP contribution is -2.47. The summed E-state index contributed by atoms with van der Waals surface area (Å²) in [6.07, 6.45) is 1.77. The molecule has 1 saturated carbocycles. The molecule has 0 aliphatic heterocycles. The van der Waals surface area contributed by atoms with Gasteiger partial charge >= 0.3 is 12.0 Å². The maximum Gasteiger partial charge on any atom is 0.329 e. The van der Waals surface area contributed by atoms with Gasteiger partial charge in [0.1, 0.15) is 11.8 Å². The van der Waals surface area contributed by atoms with Crippen LogP contribution in [-0.4, -0.2) is 49.6 Å². The minimum Gasteiger partial charge on any atom is -0.496 e. The van der Waals surface area contributed by atoms with Gasteiger partial charge in [0.25, 0.3) is 11.8 Å². The number of ether oxygens (including phenoxy) is 2. The number of nitrogens with one attached hydrogen (secondary N) is 3. The van der Waals surface area contributed by atoms with Crippen LogP contribution in [0.4, 0.5) is 4.79 Å². The summed E-state index contributed by atoms with van der Waals surface area (Å²) in [6.45, 7) is 2.85. The number of para-hydroxylation sites is 1. The number of esters is 1. The number of hydrogen-bond donors (Lipinski definition) is 3. The third-order valence-corrected chi connectivity index (χ3v) is 4.07. The van der Waals surface area contributed by atoms with E-state index in [1.165, 1.54) is 7.11 Å². The highest BCUT2D eigenvalue weighted by molar-refractivity contribution is 5.99. The van der Waals surface area contributed by atoms with Gasteiger partial charge in [0.2, 0.25) is 0 Å². The Kier molecular flexibility index (Phi) is 7.36. The Morgan fingerprint density at radius 3 is 2.43 bits per heavy atom. The van der Waals surface area contributed by atoms with Gasteiger partial charge in [0.15, 0.2) is 6.61 Å². The van der Waals surface area contributed by atoms with Gasteiger partial charge in [-0.15, -0.1) is 0 Å². The van der Waals surface area contributed by atoms with E-state index in [2.05, 4.69) is 16.0 Å². The number of amides is 4. The second-order valence-electron chi connectivity index (χ2n) is 6.80. The van der Waals surface area contributed by atoms with Crippen molar-refractivity contribution in [1.82, 2.24) is 16.0 Å². The number of methoxy groups -OCH3 is 1. The normalized spacial score (nSPS) is 14.0. The van der Waals surface area contributed by atoms with Gasteiger partial charge in [0, 0.05) is 6.04 Å². The zero-order valence-electron chi connectivity index (χ0n) is 16.1. The molecule has 0 spiro atoms. The van der Waals surface area contributed by atoms with Crippen LogP contribution in [0.5, 0.6) is 5.75 Å². The first-order chi connectivity index (χ1) is 13.3. The lowest BCUT2D eigenvalue weighted by Gasteiger charge is -2.21. The van der Waals surface area contributed by atoms with Crippen LogP contribution in [0.3, 0.4) is 0 Å². The fourth-order valence-corrected chi connectivity index (χ4v) is 2.39. The molecule has 1 fully saturated rings. The van der Waals surface area contributed by atoms with E-state index in [0.29, 0.717) is 5.75 Å². The highest BCUT2D eigenvalue weighted by Gasteiger charge is 2.28. The van der Waals surface area contributed by atoms with Crippen LogP contribution >= 0.6 is 0 Å². The van der Waals surface area contributed by atoms with E-state index in [4.69, 9.17) is 9.47 Å². The number of benzene rings is 1. The molecule has 0 unspecified atom stereocenters. The second kappa shape index (κ2) is 9.72. The molecular formula is C19H25N3O6. The van der Waals surface area contributed by atoms with Crippen molar-refractivity contribution in [2.75, 3.05) is 13.7 Å². The molecule has 1 aliphatic carbocycles. The Morgan fingerprint density at radius 2 is 1.82 bits per heavy atom. The predicted molar refractivity (Wildman–Crippen MR) is 99.7 cm³/mol. The Morgan fingerprint density at radius 1 is 1.14 bits per heavy atom. The smallest absolute Gasteiger partial charge is 0.329 e. The van der Waals surface area contributed by atoms with Crippen LogP contribution in [0.1, 0.15) is 37.0 Å².